The van der Waals surface area contributed by atoms with Crippen LogP contribution in [0, 0.1) is 0 Å². The van der Waals surface area contributed by atoms with Crippen molar-refractivity contribution in [3.8, 4) is 0 Å². The standard InChI is InChI=1S/C8H15N3/c1-3-7(2)11-6-8(4-9)5-10-11/h5-7H,3-4,9H2,1-2H3. The summed E-state index contributed by atoms with van der Waals surface area (Å²) in [4.78, 5) is 0. The first kappa shape index (κ1) is 8.27. The summed E-state index contributed by atoms with van der Waals surface area (Å²) < 4.78 is 1.96. The molecule has 0 spiro atoms. The van der Waals surface area contributed by atoms with Crippen molar-refractivity contribution in [2.45, 2.75) is 32.9 Å². The number of nitrogens with two attached hydrogens (primary N) is 1. The van der Waals surface area contributed by atoms with E-state index in [2.05, 4.69) is 18.9 Å². The van der Waals surface area contributed by atoms with Gasteiger partial charge in [0.25, 0.3) is 0 Å². The molecule has 0 saturated heterocycles. The lowest BCUT2D eigenvalue weighted by Gasteiger charge is -2.07. The van der Waals surface area contributed by atoms with Crippen LogP contribution in [-0.2, 0) is 6.54 Å². The molecule has 0 amide bonds. The van der Waals surface area contributed by atoms with Gasteiger partial charge >= 0.3 is 0 Å². The lowest BCUT2D eigenvalue weighted by Crippen LogP contribution is -2.03. The summed E-state index contributed by atoms with van der Waals surface area (Å²) in [5, 5.41) is 4.19. The molecule has 0 saturated carbocycles. The fraction of sp³-hybridized carbons (Fsp3) is 0.625. The largest absolute Gasteiger partial charge is 0.326 e. The van der Waals surface area contributed by atoms with Crippen molar-refractivity contribution < 1.29 is 0 Å². The third kappa shape index (κ3) is 1.80. The fourth-order valence-electron chi connectivity index (χ4n) is 0.911. The molecule has 0 aliphatic rings. The highest BCUT2D eigenvalue weighted by Crippen LogP contribution is 2.08. The van der Waals surface area contributed by atoms with Crippen molar-refractivity contribution in [2.75, 3.05) is 0 Å². The van der Waals surface area contributed by atoms with Gasteiger partial charge in [0, 0.05) is 24.3 Å². The van der Waals surface area contributed by atoms with Crippen molar-refractivity contribution in [1.29, 1.82) is 0 Å². The van der Waals surface area contributed by atoms with Crippen molar-refractivity contribution in [2.24, 2.45) is 5.73 Å². The molecular weight excluding hydrogens is 138 g/mol. The minimum absolute atomic E-state index is 0.482. The van der Waals surface area contributed by atoms with E-state index in [1.54, 1.807) is 0 Å². The normalized spacial score (nSPS) is 13.4. The Kier molecular flexibility index (Phi) is 2.65. The maximum atomic E-state index is 5.45. The zero-order valence-electron chi connectivity index (χ0n) is 7.12. The van der Waals surface area contributed by atoms with E-state index < -0.39 is 0 Å². The Labute approximate surface area is 67.2 Å². The molecule has 3 heteroatoms. The minimum atomic E-state index is 0.482. The highest BCUT2D eigenvalue weighted by molar-refractivity contribution is 5.03. The molecule has 1 atom stereocenters. The monoisotopic (exact) mass is 153 g/mol. The number of hydrogen-bond donors (Lipinski definition) is 1. The van der Waals surface area contributed by atoms with Gasteiger partial charge in [-0.15, -0.1) is 0 Å². The number of aromatic nitrogens is 2. The Morgan fingerprint density at radius 3 is 2.91 bits per heavy atom. The van der Waals surface area contributed by atoms with E-state index in [9.17, 15) is 0 Å². The van der Waals surface area contributed by atoms with Crippen LogP contribution in [0.3, 0.4) is 0 Å². The fourth-order valence-corrected chi connectivity index (χ4v) is 0.911. The quantitative estimate of drug-likeness (QED) is 0.711. The minimum Gasteiger partial charge on any atom is -0.326 e. The summed E-state index contributed by atoms with van der Waals surface area (Å²) in [5.41, 5.74) is 6.55. The van der Waals surface area contributed by atoms with Gasteiger partial charge in [0.2, 0.25) is 0 Å². The van der Waals surface area contributed by atoms with Crippen LogP contribution in [0.1, 0.15) is 31.9 Å². The molecule has 3 nitrogen and oxygen atoms in total. The average Bonchev–Trinajstić information content (AvgIpc) is 2.50. The third-order valence-corrected chi connectivity index (χ3v) is 1.93. The van der Waals surface area contributed by atoms with Gasteiger partial charge in [-0.25, -0.2) is 0 Å². The van der Waals surface area contributed by atoms with Crippen LogP contribution >= 0.6 is 0 Å². The molecule has 1 rings (SSSR count). The summed E-state index contributed by atoms with van der Waals surface area (Å²) >= 11 is 0. The van der Waals surface area contributed by atoms with Gasteiger partial charge < -0.3 is 5.73 Å². The molecule has 1 aromatic heterocycles. The lowest BCUT2D eigenvalue weighted by molar-refractivity contribution is 0.477. The van der Waals surface area contributed by atoms with E-state index in [1.165, 1.54) is 0 Å². The molecule has 1 aromatic rings. The summed E-state index contributed by atoms with van der Waals surface area (Å²) in [6.45, 7) is 4.87. The summed E-state index contributed by atoms with van der Waals surface area (Å²) in [7, 11) is 0. The number of rotatable bonds is 3. The van der Waals surface area contributed by atoms with Gasteiger partial charge in [-0.1, -0.05) is 6.92 Å². The molecule has 0 bridgehead atoms. The molecule has 0 aliphatic heterocycles. The third-order valence-electron chi connectivity index (χ3n) is 1.93. The lowest BCUT2D eigenvalue weighted by atomic mass is 10.3. The Hall–Kier alpha value is -0.830. The van der Waals surface area contributed by atoms with Crippen LogP contribution in [0.2, 0.25) is 0 Å². The average molecular weight is 153 g/mol. The van der Waals surface area contributed by atoms with Gasteiger partial charge in [0.1, 0.15) is 0 Å². The molecule has 11 heavy (non-hydrogen) atoms. The van der Waals surface area contributed by atoms with Crippen molar-refractivity contribution in [1.82, 2.24) is 9.78 Å². The second-order valence-corrected chi connectivity index (χ2v) is 2.79. The van der Waals surface area contributed by atoms with Gasteiger partial charge in [-0.2, -0.15) is 5.10 Å². The van der Waals surface area contributed by atoms with E-state index in [1.807, 2.05) is 17.1 Å². The Morgan fingerprint density at radius 2 is 2.45 bits per heavy atom. The van der Waals surface area contributed by atoms with Crippen LogP contribution in [0.15, 0.2) is 12.4 Å². The van der Waals surface area contributed by atoms with Crippen molar-refractivity contribution in [3.63, 3.8) is 0 Å². The van der Waals surface area contributed by atoms with Crippen molar-refractivity contribution >= 4 is 0 Å². The van der Waals surface area contributed by atoms with Gasteiger partial charge in [0.05, 0.1) is 6.20 Å². The highest BCUT2D eigenvalue weighted by atomic mass is 15.3. The Morgan fingerprint density at radius 1 is 1.73 bits per heavy atom. The zero-order chi connectivity index (χ0) is 8.27. The van der Waals surface area contributed by atoms with E-state index in [4.69, 9.17) is 5.73 Å². The van der Waals surface area contributed by atoms with Gasteiger partial charge in [0.15, 0.2) is 0 Å². The van der Waals surface area contributed by atoms with Crippen LogP contribution in [-0.4, -0.2) is 9.78 Å². The maximum Gasteiger partial charge on any atom is 0.0534 e. The highest BCUT2D eigenvalue weighted by Gasteiger charge is 2.02. The van der Waals surface area contributed by atoms with Crippen LogP contribution in [0.4, 0.5) is 0 Å². The van der Waals surface area contributed by atoms with Crippen LogP contribution in [0.5, 0.6) is 0 Å². The molecule has 0 aromatic carbocycles. The smallest absolute Gasteiger partial charge is 0.0534 e. The first-order chi connectivity index (χ1) is 5.27. The first-order valence-electron chi connectivity index (χ1n) is 4.01. The number of nitrogens with zero attached hydrogens (tertiary/aromatic N) is 2. The Balaban J connectivity index is 2.71. The molecule has 0 radical (unpaired) electrons. The molecular formula is C8H15N3. The molecule has 0 aliphatic carbocycles. The topological polar surface area (TPSA) is 43.8 Å². The molecule has 0 fully saturated rings. The second-order valence-electron chi connectivity index (χ2n) is 2.79. The van der Waals surface area contributed by atoms with Crippen LogP contribution in [0.25, 0.3) is 0 Å². The number of hydrogen-bond acceptors (Lipinski definition) is 2. The van der Waals surface area contributed by atoms with E-state index in [0.717, 1.165) is 12.0 Å². The zero-order valence-corrected chi connectivity index (χ0v) is 7.12. The van der Waals surface area contributed by atoms with E-state index in [-0.39, 0.29) is 0 Å². The van der Waals surface area contributed by atoms with E-state index >= 15 is 0 Å². The van der Waals surface area contributed by atoms with E-state index in [0.29, 0.717) is 12.6 Å². The summed E-state index contributed by atoms with van der Waals surface area (Å²) in [6.07, 6.45) is 4.94. The molecule has 62 valence electrons. The predicted octanol–water partition coefficient (Wildman–Crippen LogP) is 1.31. The molecule has 1 unspecified atom stereocenters. The molecule has 1 heterocycles. The first-order valence-corrected chi connectivity index (χ1v) is 4.01. The van der Waals surface area contributed by atoms with Crippen LogP contribution < -0.4 is 5.73 Å². The van der Waals surface area contributed by atoms with Gasteiger partial charge in [-0.05, 0) is 13.3 Å². The summed E-state index contributed by atoms with van der Waals surface area (Å²) in [6, 6.07) is 0.482. The SMILES string of the molecule is CCC(C)n1cc(CN)cn1. The maximum absolute atomic E-state index is 5.45. The van der Waals surface area contributed by atoms with Crippen molar-refractivity contribution in [3.05, 3.63) is 18.0 Å². The summed E-state index contributed by atoms with van der Waals surface area (Å²) in [5.74, 6) is 0. The predicted molar refractivity (Wildman–Crippen MR) is 45.1 cm³/mol. The second kappa shape index (κ2) is 3.53. The molecule has 2 N–H and O–H groups in total. The Bertz CT molecular complexity index is 217. The van der Waals surface area contributed by atoms with Gasteiger partial charge in [-0.3, -0.25) is 4.68 Å².